The Morgan fingerprint density at radius 2 is 1.91 bits per heavy atom. The number of fused-ring (bicyclic) bond motifs is 2. The highest BCUT2D eigenvalue weighted by molar-refractivity contribution is 7.80. The fraction of sp³-hybridized carbons (Fsp3) is 0.154. The highest BCUT2D eigenvalue weighted by Crippen LogP contribution is 2.33. The van der Waals surface area contributed by atoms with Crippen LogP contribution in [0.5, 0.6) is 11.5 Å². The molecule has 4 aromatic rings. The van der Waals surface area contributed by atoms with E-state index in [4.69, 9.17) is 33.3 Å². The van der Waals surface area contributed by atoms with Crippen molar-refractivity contribution in [3.8, 4) is 11.5 Å². The van der Waals surface area contributed by atoms with Gasteiger partial charge in [-0.2, -0.15) is 0 Å². The van der Waals surface area contributed by atoms with E-state index in [9.17, 15) is 4.79 Å². The van der Waals surface area contributed by atoms with Crippen LogP contribution in [0.3, 0.4) is 0 Å². The number of halogens is 1. The molecule has 34 heavy (non-hydrogen) atoms. The number of ether oxygens (including phenoxy) is 2. The first-order chi connectivity index (χ1) is 16.4. The average Bonchev–Trinajstić information content (AvgIpc) is 3.27. The molecular formula is C26H22ClN3O3S. The van der Waals surface area contributed by atoms with Crippen molar-refractivity contribution in [3.63, 3.8) is 0 Å². The number of aryl methyl sites for hydroxylation is 1. The molecule has 0 amide bonds. The number of aromatic nitrogens is 1. The zero-order valence-corrected chi connectivity index (χ0v) is 20.0. The minimum atomic E-state index is -0.141. The Balaban J connectivity index is 1.47. The molecule has 6 nitrogen and oxygen atoms in total. The molecule has 8 heteroatoms. The first kappa shape index (κ1) is 22.3. The van der Waals surface area contributed by atoms with Crippen molar-refractivity contribution >= 4 is 45.5 Å². The van der Waals surface area contributed by atoms with Crippen molar-refractivity contribution in [2.75, 3.05) is 12.1 Å². The maximum absolute atomic E-state index is 12.9. The van der Waals surface area contributed by atoms with Crippen LogP contribution < -0.4 is 20.3 Å². The van der Waals surface area contributed by atoms with Crippen LogP contribution in [-0.2, 0) is 13.1 Å². The number of benzene rings is 3. The SMILES string of the molecule is Cc1ccc2[nH]c(=O)c(CN(Cc3ccc4c(c3)OCO4)C(=S)Nc3cccc(Cl)c3)cc2c1. The maximum Gasteiger partial charge on any atom is 0.253 e. The number of hydrogen-bond acceptors (Lipinski definition) is 4. The Morgan fingerprint density at radius 3 is 2.76 bits per heavy atom. The molecule has 2 heterocycles. The van der Waals surface area contributed by atoms with Crippen LogP contribution in [0.25, 0.3) is 10.9 Å². The predicted molar refractivity (Wildman–Crippen MR) is 139 cm³/mol. The Kier molecular flexibility index (Phi) is 6.13. The third-order valence-electron chi connectivity index (χ3n) is 5.61. The summed E-state index contributed by atoms with van der Waals surface area (Å²) in [4.78, 5) is 17.8. The summed E-state index contributed by atoms with van der Waals surface area (Å²) in [5, 5.41) is 5.31. The summed E-state index contributed by atoms with van der Waals surface area (Å²) in [6, 6.07) is 21.0. The molecule has 2 N–H and O–H groups in total. The van der Waals surface area contributed by atoms with E-state index in [-0.39, 0.29) is 12.4 Å². The second-order valence-corrected chi connectivity index (χ2v) is 9.02. The van der Waals surface area contributed by atoms with Gasteiger partial charge in [-0.25, -0.2) is 0 Å². The molecule has 1 aliphatic rings. The summed E-state index contributed by atoms with van der Waals surface area (Å²) in [5.41, 5.74) is 4.16. The minimum Gasteiger partial charge on any atom is -0.454 e. The fourth-order valence-corrected chi connectivity index (χ4v) is 4.36. The Labute approximate surface area is 207 Å². The molecule has 172 valence electrons. The zero-order valence-electron chi connectivity index (χ0n) is 18.4. The van der Waals surface area contributed by atoms with E-state index in [1.807, 2.05) is 60.4 Å². The van der Waals surface area contributed by atoms with Gasteiger partial charge in [-0.1, -0.05) is 35.4 Å². The molecule has 1 aromatic heterocycles. The normalized spacial score (nSPS) is 12.1. The molecule has 0 radical (unpaired) electrons. The van der Waals surface area contributed by atoms with Crippen molar-refractivity contribution in [3.05, 3.63) is 98.8 Å². The third kappa shape index (κ3) is 4.85. The highest BCUT2D eigenvalue weighted by atomic mass is 35.5. The van der Waals surface area contributed by atoms with Gasteiger partial charge in [-0.15, -0.1) is 0 Å². The molecule has 0 spiro atoms. The van der Waals surface area contributed by atoms with Gasteiger partial charge in [0.25, 0.3) is 5.56 Å². The second kappa shape index (κ2) is 9.37. The number of H-pyrrole nitrogens is 1. The molecule has 5 rings (SSSR count). The Bertz CT molecular complexity index is 1450. The van der Waals surface area contributed by atoms with E-state index in [0.29, 0.717) is 34.5 Å². The molecule has 0 aliphatic carbocycles. The largest absolute Gasteiger partial charge is 0.454 e. The number of hydrogen-bond donors (Lipinski definition) is 2. The molecule has 0 atom stereocenters. The zero-order chi connectivity index (χ0) is 23.7. The van der Waals surface area contributed by atoms with Gasteiger partial charge in [0, 0.05) is 28.3 Å². The molecule has 3 aromatic carbocycles. The molecule has 0 saturated carbocycles. The van der Waals surface area contributed by atoms with Crippen LogP contribution >= 0.6 is 23.8 Å². The van der Waals surface area contributed by atoms with Gasteiger partial charge in [-0.05, 0) is 78.6 Å². The highest BCUT2D eigenvalue weighted by Gasteiger charge is 2.18. The van der Waals surface area contributed by atoms with Gasteiger partial charge in [0.2, 0.25) is 6.79 Å². The summed E-state index contributed by atoms with van der Waals surface area (Å²) >= 11 is 11.9. The van der Waals surface area contributed by atoms with E-state index in [1.54, 1.807) is 12.1 Å². The first-order valence-electron chi connectivity index (χ1n) is 10.8. The summed E-state index contributed by atoms with van der Waals surface area (Å²) in [5.74, 6) is 1.42. The van der Waals surface area contributed by atoms with Gasteiger partial charge in [0.15, 0.2) is 16.6 Å². The van der Waals surface area contributed by atoms with Crippen LogP contribution in [0, 0.1) is 6.92 Å². The third-order valence-corrected chi connectivity index (χ3v) is 6.21. The number of anilines is 1. The summed E-state index contributed by atoms with van der Waals surface area (Å²) in [7, 11) is 0. The van der Waals surface area contributed by atoms with E-state index < -0.39 is 0 Å². The molecule has 0 fully saturated rings. The predicted octanol–water partition coefficient (Wildman–Crippen LogP) is 5.62. The lowest BCUT2D eigenvalue weighted by Crippen LogP contribution is -2.35. The van der Waals surface area contributed by atoms with Crippen molar-refractivity contribution in [1.29, 1.82) is 0 Å². The van der Waals surface area contributed by atoms with Gasteiger partial charge >= 0.3 is 0 Å². The smallest absolute Gasteiger partial charge is 0.253 e. The number of nitrogens with one attached hydrogen (secondary N) is 2. The number of rotatable bonds is 5. The molecular weight excluding hydrogens is 470 g/mol. The van der Waals surface area contributed by atoms with Gasteiger partial charge < -0.3 is 24.7 Å². The lowest BCUT2D eigenvalue weighted by molar-refractivity contribution is 0.174. The summed E-state index contributed by atoms with van der Waals surface area (Å²) in [6.07, 6.45) is 0. The second-order valence-electron chi connectivity index (χ2n) is 8.20. The minimum absolute atomic E-state index is 0.141. The number of pyridine rings is 1. The van der Waals surface area contributed by atoms with E-state index in [1.165, 1.54) is 0 Å². The van der Waals surface area contributed by atoms with E-state index >= 15 is 0 Å². The van der Waals surface area contributed by atoms with E-state index in [0.717, 1.165) is 33.5 Å². The van der Waals surface area contributed by atoms with Crippen molar-refractivity contribution in [1.82, 2.24) is 9.88 Å². The van der Waals surface area contributed by atoms with Gasteiger partial charge in [-0.3, -0.25) is 4.79 Å². The van der Waals surface area contributed by atoms with Crippen molar-refractivity contribution in [2.24, 2.45) is 0 Å². The number of thiocarbonyl (C=S) groups is 1. The lowest BCUT2D eigenvalue weighted by Gasteiger charge is -2.26. The molecule has 1 aliphatic heterocycles. The Morgan fingerprint density at radius 1 is 1.06 bits per heavy atom. The Hall–Kier alpha value is -3.55. The monoisotopic (exact) mass is 491 g/mol. The quantitative estimate of drug-likeness (QED) is 0.353. The van der Waals surface area contributed by atoms with Crippen LogP contribution in [-0.4, -0.2) is 21.8 Å². The van der Waals surface area contributed by atoms with E-state index in [2.05, 4.69) is 16.4 Å². The van der Waals surface area contributed by atoms with Crippen LogP contribution in [0.15, 0.2) is 71.5 Å². The average molecular weight is 492 g/mol. The number of nitrogens with zero attached hydrogens (tertiary/aromatic N) is 1. The summed E-state index contributed by atoms with van der Waals surface area (Å²) in [6.45, 7) is 3.03. The van der Waals surface area contributed by atoms with Crippen LogP contribution in [0.2, 0.25) is 5.02 Å². The molecule has 0 saturated heterocycles. The molecule has 0 bridgehead atoms. The van der Waals surface area contributed by atoms with Crippen molar-refractivity contribution < 1.29 is 9.47 Å². The van der Waals surface area contributed by atoms with Crippen LogP contribution in [0.4, 0.5) is 5.69 Å². The first-order valence-corrected chi connectivity index (χ1v) is 11.6. The van der Waals surface area contributed by atoms with Gasteiger partial charge in [0.1, 0.15) is 0 Å². The van der Waals surface area contributed by atoms with Crippen molar-refractivity contribution in [2.45, 2.75) is 20.0 Å². The topological polar surface area (TPSA) is 66.6 Å². The standard InChI is InChI=1S/C26H22ClN3O3S/c1-16-5-7-22-18(9-16)11-19(25(31)29-22)14-30(26(34)28-21-4-2-3-20(27)12-21)13-17-6-8-23-24(10-17)33-15-32-23/h2-12H,13-15H2,1H3,(H,28,34)(H,29,31). The number of aromatic amines is 1. The maximum atomic E-state index is 12.9. The molecule has 0 unspecified atom stereocenters. The van der Waals surface area contributed by atoms with Crippen LogP contribution in [0.1, 0.15) is 16.7 Å². The lowest BCUT2D eigenvalue weighted by atomic mass is 10.1. The summed E-state index contributed by atoms with van der Waals surface area (Å²) < 4.78 is 11.0. The van der Waals surface area contributed by atoms with Gasteiger partial charge in [0.05, 0.1) is 6.54 Å². The fourth-order valence-electron chi connectivity index (χ4n) is 3.92.